The molecule has 5 heteroatoms. The second-order valence-electron chi connectivity index (χ2n) is 8.10. The number of hydrogen-bond donors (Lipinski definition) is 1. The van der Waals surface area contributed by atoms with E-state index in [1.165, 1.54) is 43.2 Å². The largest absolute Gasteiger partial charge is 0.322 e. The maximum absolute atomic E-state index is 4.53. The van der Waals surface area contributed by atoms with E-state index >= 15 is 0 Å². The Labute approximate surface area is 150 Å². The molecule has 1 fully saturated rings. The molecule has 5 nitrogen and oxygen atoms in total. The van der Waals surface area contributed by atoms with Crippen molar-refractivity contribution in [3.8, 4) is 0 Å². The van der Waals surface area contributed by atoms with E-state index in [9.17, 15) is 0 Å². The summed E-state index contributed by atoms with van der Waals surface area (Å²) in [4.78, 5) is 1.61. The van der Waals surface area contributed by atoms with Gasteiger partial charge in [-0.05, 0) is 28.8 Å². The third-order valence-electron chi connectivity index (χ3n) is 6.07. The van der Waals surface area contributed by atoms with Gasteiger partial charge in [0.1, 0.15) is 6.54 Å². The van der Waals surface area contributed by atoms with Gasteiger partial charge in [-0.25, -0.2) is 4.68 Å². The third kappa shape index (κ3) is 3.34. The van der Waals surface area contributed by atoms with Crippen LogP contribution in [0.3, 0.4) is 0 Å². The normalized spacial score (nSPS) is 22.8. The Hall–Kier alpha value is -1.75. The summed E-state index contributed by atoms with van der Waals surface area (Å²) in [5.41, 5.74) is 3.01. The molecule has 2 aliphatic rings. The lowest BCUT2D eigenvalue weighted by Gasteiger charge is -2.35. The van der Waals surface area contributed by atoms with Crippen LogP contribution in [-0.4, -0.2) is 26.8 Å². The summed E-state index contributed by atoms with van der Waals surface area (Å²) in [6.45, 7) is 6.88. The Morgan fingerprint density at radius 1 is 1.08 bits per heavy atom. The molecule has 1 aliphatic heterocycles. The van der Waals surface area contributed by atoms with E-state index in [1.54, 1.807) is 4.90 Å². The molecule has 1 aromatic carbocycles. The fourth-order valence-electron chi connectivity index (χ4n) is 4.81. The minimum atomic E-state index is 0.366. The van der Waals surface area contributed by atoms with Gasteiger partial charge in [0.05, 0.1) is 12.6 Å². The molecule has 2 heterocycles. The molecular weight excluding hydrogens is 310 g/mol. The summed E-state index contributed by atoms with van der Waals surface area (Å²) >= 11 is 0. The Balaban J connectivity index is 1.62. The molecule has 0 spiro atoms. The van der Waals surface area contributed by atoms with Gasteiger partial charge in [0.2, 0.25) is 5.82 Å². The fourth-order valence-corrected chi connectivity index (χ4v) is 4.81. The smallest absolute Gasteiger partial charge is 0.209 e. The van der Waals surface area contributed by atoms with Crippen molar-refractivity contribution >= 4 is 0 Å². The Kier molecular flexibility index (Phi) is 4.84. The van der Waals surface area contributed by atoms with Crippen molar-refractivity contribution in [3.63, 3.8) is 0 Å². The second kappa shape index (κ2) is 7.24. The van der Waals surface area contributed by atoms with Crippen LogP contribution < -0.4 is 4.90 Å². The van der Waals surface area contributed by atoms with Gasteiger partial charge in [-0.2, -0.15) is 0 Å². The molecule has 1 aliphatic carbocycles. The first-order valence-corrected chi connectivity index (χ1v) is 9.93. The van der Waals surface area contributed by atoms with Crippen LogP contribution in [0.15, 0.2) is 24.3 Å². The van der Waals surface area contributed by atoms with Crippen LogP contribution in [0.1, 0.15) is 75.0 Å². The number of hydrogen-bond acceptors (Lipinski definition) is 3. The predicted molar refractivity (Wildman–Crippen MR) is 97.2 cm³/mol. The molecule has 1 N–H and O–H groups in total. The molecule has 0 radical (unpaired) electrons. The Morgan fingerprint density at radius 3 is 2.60 bits per heavy atom. The monoisotopic (exact) mass is 340 g/mol. The average molecular weight is 340 g/mol. The Morgan fingerprint density at radius 2 is 1.84 bits per heavy atom. The number of quaternary nitrogens is 1. The molecule has 1 aromatic heterocycles. The molecule has 0 bridgehead atoms. The number of rotatable bonds is 4. The highest BCUT2D eigenvalue weighted by Crippen LogP contribution is 2.30. The van der Waals surface area contributed by atoms with Crippen LogP contribution in [-0.2, 0) is 13.0 Å². The average Bonchev–Trinajstić information content (AvgIpc) is 3.11. The van der Waals surface area contributed by atoms with Gasteiger partial charge < -0.3 is 4.90 Å². The van der Waals surface area contributed by atoms with Crippen LogP contribution in [0.5, 0.6) is 0 Å². The molecule has 1 unspecified atom stereocenters. The van der Waals surface area contributed by atoms with E-state index in [4.69, 9.17) is 0 Å². The summed E-state index contributed by atoms with van der Waals surface area (Å²) in [6, 6.07) is 9.76. The van der Waals surface area contributed by atoms with E-state index in [1.807, 2.05) is 0 Å². The maximum atomic E-state index is 4.53. The predicted octanol–water partition coefficient (Wildman–Crippen LogP) is 2.52. The van der Waals surface area contributed by atoms with E-state index in [2.05, 4.69) is 58.3 Å². The SMILES string of the molecule is CC(C)[C@H](c1nnnn1C1CCCCC1)[NH+]1CCc2ccccc2C1. The van der Waals surface area contributed by atoms with Crippen LogP contribution >= 0.6 is 0 Å². The van der Waals surface area contributed by atoms with Crippen LogP contribution in [0, 0.1) is 5.92 Å². The quantitative estimate of drug-likeness (QED) is 0.930. The highest BCUT2D eigenvalue weighted by molar-refractivity contribution is 5.27. The van der Waals surface area contributed by atoms with Gasteiger partial charge in [-0.3, -0.25) is 0 Å². The molecule has 4 rings (SSSR count). The molecule has 25 heavy (non-hydrogen) atoms. The van der Waals surface area contributed by atoms with E-state index in [0.717, 1.165) is 25.3 Å². The molecule has 134 valence electrons. The van der Waals surface area contributed by atoms with Crippen molar-refractivity contribution in [2.75, 3.05) is 6.54 Å². The number of nitrogens with zero attached hydrogens (tertiary/aromatic N) is 4. The lowest BCUT2D eigenvalue weighted by molar-refractivity contribution is -0.951. The topological polar surface area (TPSA) is 48.0 Å². The minimum Gasteiger partial charge on any atom is -0.322 e. The van der Waals surface area contributed by atoms with Gasteiger partial charge in [0, 0.05) is 17.9 Å². The van der Waals surface area contributed by atoms with Crippen molar-refractivity contribution in [2.45, 2.75) is 71.0 Å². The van der Waals surface area contributed by atoms with Gasteiger partial charge in [0.15, 0.2) is 6.04 Å². The standard InChI is InChI=1S/C20H29N5/c1-15(2)19(24-13-12-16-8-6-7-9-17(16)14-24)20-21-22-23-25(20)18-10-4-3-5-11-18/h6-9,15,18-19H,3-5,10-14H2,1-2H3/p+1/t19-/m1/s1. The van der Waals surface area contributed by atoms with Crippen LogP contribution in [0.2, 0.25) is 0 Å². The second-order valence-corrected chi connectivity index (χ2v) is 8.10. The Bertz CT molecular complexity index is 702. The third-order valence-corrected chi connectivity index (χ3v) is 6.07. The van der Waals surface area contributed by atoms with Crippen molar-refractivity contribution in [3.05, 3.63) is 41.2 Å². The highest BCUT2D eigenvalue weighted by Gasteiger charge is 2.36. The van der Waals surface area contributed by atoms with E-state index in [-0.39, 0.29) is 0 Å². The summed E-state index contributed by atoms with van der Waals surface area (Å²) < 4.78 is 2.18. The van der Waals surface area contributed by atoms with Crippen molar-refractivity contribution in [1.29, 1.82) is 0 Å². The summed E-state index contributed by atoms with van der Waals surface area (Å²) in [5, 5.41) is 13.0. The number of fused-ring (bicyclic) bond motifs is 1. The van der Waals surface area contributed by atoms with E-state index < -0.39 is 0 Å². The summed E-state index contributed by atoms with van der Waals surface area (Å²) in [6.07, 6.45) is 7.57. The van der Waals surface area contributed by atoms with Gasteiger partial charge in [-0.1, -0.05) is 57.4 Å². The number of tetrazole rings is 1. The van der Waals surface area contributed by atoms with Crippen molar-refractivity contribution in [2.24, 2.45) is 5.92 Å². The fraction of sp³-hybridized carbons (Fsp3) is 0.650. The summed E-state index contributed by atoms with van der Waals surface area (Å²) in [7, 11) is 0. The van der Waals surface area contributed by atoms with Crippen molar-refractivity contribution < 1.29 is 4.90 Å². The zero-order valence-corrected chi connectivity index (χ0v) is 15.5. The van der Waals surface area contributed by atoms with Crippen LogP contribution in [0.4, 0.5) is 0 Å². The summed E-state index contributed by atoms with van der Waals surface area (Å²) in [5.74, 6) is 1.63. The first-order valence-electron chi connectivity index (χ1n) is 9.93. The number of aromatic nitrogens is 4. The lowest BCUT2D eigenvalue weighted by atomic mass is 9.93. The minimum absolute atomic E-state index is 0.366. The molecule has 0 amide bonds. The first-order chi connectivity index (χ1) is 12.2. The zero-order chi connectivity index (χ0) is 17.2. The van der Waals surface area contributed by atoms with E-state index in [0.29, 0.717) is 18.0 Å². The maximum Gasteiger partial charge on any atom is 0.209 e. The molecule has 0 saturated heterocycles. The van der Waals surface area contributed by atoms with Crippen molar-refractivity contribution in [1.82, 2.24) is 20.2 Å². The number of nitrogens with one attached hydrogen (secondary N) is 1. The first kappa shape index (κ1) is 16.7. The van der Waals surface area contributed by atoms with Crippen LogP contribution in [0.25, 0.3) is 0 Å². The molecule has 2 aromatic rings. The number of benzene rings is 1. The lowest BCUT2D eigenvalue weighted by Crippen LogP contribution is -3.12. The highest BCUT2D eigenvalue weighted by atomic mass is 15.6. The van der Waals surface area contributed by atoms with Gasteiger partial charge in [-0.15, -0.1) is 5.10 Å². The molecule has 1 saturated carbocycles. The van der Waals surface area contributed by atoms with Gasteiger partial charge in [0.25, 0.3) is 0 Å². The zero-order valence-electron chi connectivity index (χ0n) is 15.5. The molecule has 2 atom stereocenters. The molecular formula is C20H30N5+. The van der Waals surface area contributed by atoms with Gasteiger partial charge >= 0.3 is 0 Å².